The van der Waals surface area contributed by atoms with E-state index in [1.807, 2.05) is 18.3 Å². The van der Waals surface area contributed by atoms with Gasteiger partial charge in [-0.25, -0.2) is 4.98 Å². The molecule has 1 aromatic carbocycles. The topological polar surface area (TPSA) is 34.2 Å². The lowest BCUT2D eigenvalue weighted by molar-refractivity contribution is 0.246. The van der Waals surface area contributed by atoms with Gasteiger partial charge in [-0.3, -0.25) is 0 Å². The highest BCUT2D eigenvalue weighted by Crippen LogP contribution is 2.33. The standard InChI is InChI=1S/C16H20N2OS/c1-3-12-10-17-16(20-12)11(2)18-14-8-9-19-15-7-5-4-6-13(14)15/h4-7,10-11,14,18H,3,8-9H2,1-2H3. The van der Waals surface area contributed by atoms with Crippen LogP contribution in [0.2, 0.25) is 0 Å². The molecule has 1 aliphatic rings. The Labute approximate surface area is 124 Å². The highest BCUT2D eigenvalue weighted by atomic mass is 32.1. The van der Waals surface area contributed by atoms with E-state index in [0.717, 1.165) is 25.2 Å². The van der Waals surface area contributed by atoms with Crippen molar-refractivity contribution in [2.75, 3.05) is 6.61 Å². The van der Waals surface area contributed by atoms with E-state index in [-0.39, 0.29) is 6.04 Å². The third-order valence-corrected chi connectivity index (χ3v) is 5.02. The molecule has 2 unspecified atom stereocenters. The van der Waals surface area contributed by atoms with E-state index in [1.54, 1.807) is 11.3 Å². The predicted octanol–water partition coefficient (Wildman–Crippen LogP) is 3.88. The minimum Gasteiger partial charge on any atom is -0.493 e. The molecule has 1 aliphatic heterocycles. The molecule has 0 aliphatic carbocycles. The number of hydrogen-bond donors (Lipinski definition) is 1. The van der Waals surface area contributed by atoms with Crippen molar-refractivity contribution < 1.29 is 4.74 Å². The summed E-state index contributed by atoms with van der Waals surface area (Å²) in [6.07, 6.45) is 4.06. The Hall–Kier alpha value is -1.39. The maximum absolute atomic E-state index is 5.71. The SMILES string of the molecule is CCc1cnc(C(C)NC2CCOc3ccccc32)s1. The van der Waals surface area contributed by atoms with Gasteiger partial charge in [-0.1, -0.05) is 25.1 Å². The summed E-state index contributed by atoms with van der Waals surface area (Å²) in [5.41, 5.74) is 1.26. The molecule has 106 valence electrons. The minimum atomic E-state index is 0.274. The zero-order chi connectivity index (χ0) is 13.9. The predicted molar refractivity (Wildman–Crippen MR) is 82.3 cm³/mol. The molecule has 1 N–H and O–H groups in total. The number of nitrogens with one attached hydrogen (secondary N) is 1. The molecule has 0 spiro atoms. The molecule has 2 aromatic rings. The first-order valence-electron chi connectivity index (χ1n) is 7.20. The number of para-hydroxylation sites is 1. The van der Waals surface area contributed by atoms with Gasteiger partial charge in [0.15, 0.2) is 0 Å². The molecular formula is C16H20N2OS. The number of fused-ring (bicyclic) bond motifs is 1. The molecule has 0 bridgehead atoms. The van der Waals surface area contributed by atoms with Crippen molar-refractivity contribution in [3.05, 3.63) is 45.9 Å². The van der Waals surface area contributed by atoms with Crippen LogP contribution in [0.3, 0.4) is 0 Å². The van der Waals surface area contributed by atoms with Crippen LogP contribution in [0.25, 0.3) is 0 Å². The third-order valence-electron chi connectivity index (χ3n) is 3.70. The van der Waals surface area contributed by atoms with E-state index < -0.39 is 0 Å². The van der Waals surface area contributed by atoms with E-state index in [0.29, 0.717) is 6.04 Å². The summed E-state index contributed by atoms with van der Waals surface area (Å²) in [7, 11) is 0. The van der Waals surface area contributed by atoms with Crippen LogP contribution >= 0.6 is 11.3 Å². The lowest BCUT2D eigenvalue weighted by Gasteiger charge is -2.28. The van der Waals surface area contributed by atoms with E-state index in [2.05, 4.69) is 36.3 Å². The highest BCUT2D eigenvalue weighted by Gasteiger charge is 2.23. The number of aryl methyl sites for hydroxylation is 1. The molecule has 3 rings (SSSR count). The second-order valence-corrected chi connectivity index (χ2v) is 6.28. The maximum Gasteiger partial charge on any atom is 0.124 e. The van der Waals surface area contributed by atoms with Gasteiger partial charge in [-0.2, -0.15) is 0 Å². The zero-order valence-corrected chi connectivity index (χ0v) is 12.7. The fourth-order valence-electron chi connectivity index (χ4n) is 2.57. The molecule has 0 saturated carbocycles. The molecule has 1 aromatic heterocycles. The van der Waals surface area contributed by atoms with Crippen LogP contribution in [-0.4, -0.2) is 11.6 Å². The molecule has 0 saturated heterocycles. The Morgan fingerprint density at radius 3 is 3.10 bits per heavy atom. The van der Waals surface area contributed by atoms with Crippen molar-refractivity contribution in [2.45, 2.75) is 38.8 Å². The Balaban J connectivity index is 1.75. The highest BCUT2D eigenvalue weighted by molar-refractivity contribution is 7.11. The second kappa shape index (κ2) is 5.94. The Morgan fingerprint density at radius 1 is 1.45 bits per heavy atom. The van der Waals surface area contributed by atoms with Crippen LogP contribution in [0, 0.1) is 0 Å². The summed E-state index contributed by atoms with van der Waals surface area (Å²) < 4.78 is 5.71. The number of rotatable bonds is 4. The van der Waals surface area contributed by atoms with Crippen LogP contribution < -0.4 is 10.1 Å². The number of benzene rings is 1. The van der Waals surface area contributed by atoms with Crippen LogP contribution in [0.1, 0.15) is 47.8 Å². The molecule has 4 heteroatoms. The Morgan fingerprint density at radius 2 is 2.30 bits per heavy atom. The van der Waals surface area contributed by atoms with Crippen LogP contribution in [0.4, 0.5) is 0 Å². The number of hydrogen-bond acceptors (Lipinski definition) is 4. The van der Waals surface area contributed by atoms with Gasteiger partial charge in [0.1, 0.15) is 10.8 Å². The lowest BCUT2D eigenvalue weighted by atomic mass is 10.00. The van der Waals surface area contributed by atoms with Crippen molar-refractivity contribution in [3.63, 3.8) is 0 Å². The minimum absolute atomic E-state index is 0.274. The number of aromatic nitrogens is 1. The quantitative estimate of drug-likeness (QED) is 0.927. The molecule has 20 heavy (non-hydrogen) atoms. The Bertz CT molecular complexity index is 581. The zero-order valence-electron chi connectivity index (χ0n) is 11.9. The van der Waals surface area contributed by atoms with Gasteiger partial charge >= 0.3 is 0 Å². The van der Waals surface area contributed by atoms with Crippen molar-refractivity contribution in [1.82, 2.24) is 10.3 Å². The van der Waals surface area contributed by atoms with Crippen LogP contribution in [0.15, 0.2) is 30.5 Å². The van der Waals surface area contributed by atoms with Crippen LogP contribution in [-0.2, 0) is 6.42 Å². The number of thiazole rings is 1. The fraction of sp³-hybridized carbons (Fsp3) is 0.438. The van der Waals surface area contributed by atoms with E-state index in [1.165, 1.54) is 15.4 Å². The summed E-state index contributed by atoms with van der Waals surface area (Å²) in [4.78, 5) is 5.88. The first kappa shape index (κ1) is 13.6. The number of nitrogens with zero attached hydrogens (tertiary/aromatic N) is 1. The molecule has 3 nitrogen and oxygen atoms in total. The first-order chi connectivity index (χ1) is 9.78. The van der Waals surface area contributed by atoms with Gasteiger partial charge in [0, 0.05) is 29.1 Å². The monoisotopic (exact) mass is 288 g/mol. The van der Waals surface area contributed by atoms with Gasteiger partial charge in [-0.05, 0) is 19.4 Å². The average molecular weight is 288 g/mol. The van der Waals surface area contributed by atoms with Crippen LogP contribution in [0.5, 0.6) is 5.75 Å². The van der Waals surface area contributed by atoms with Gasteiger partial charge in [-0.15, -0.1) is 11.3 Å². The van der Waals surface area contributed by atoms with Gasteiger partial charge in [0.25, 0.3) is 0 Å². The number of ether oxygens (including phenoxy) is 1. The van der Waals surface area contributed by atoms with Crippen molar-refractivity contribution in [1.29, 1.82) is 0 Å². The normalized spacial score (nSPS) is 19.2. The molecular weight excluding hydrogens is 268 g/mol. The van der Waals surface area contributed by atoms with Gasteiger partial charge < -0.3 is 10.1 Å². The lowest BCUT2D eigenvalue weighted by Crippen LogP contribution is -2.29. The van der Waals surface area contributed by atoms with E-state index in [4.69, 9.17) is 4.74 Å². The molecule has 0 fully saturated rings. The Kier molecular flexibility index (Phi) is 4.03. The maximum atomic E-state index is 5.71. The second-order valence-electron chi connectivity index (χ2n) is 5.13. The summed E-state index contributed by atoms with van der Waals surface area (Å²) in [5, 5.41) is 4.87. The van der Waals surface area contributed by atoms with Crippen molar-refractivity contribution in [3.8, 4) is 5.75 Å². The van der Waals surface area contributed by atoms with E-state index >= 15 is 0 Å². The van der Waals surface area contributed by atoms with Gasteiger partial charge in [0.05, 0.1) is 12.6 Å². The fourth-order valence-corrected chi connectivity index (χ4v) is 3.44. The molecule has 0 radical (unpaired) electrons. The summed E-state index contributed by atoms with van der Waals surface area (Å²) in [6.45, 7) is 5.14. The first-order valence-corrected chi connectivity index (χ1v) is 8.02. The molecule has 2 heterocycles. The molecule has 2 atom stereocenters. The smallest absolute Gasteiger partial charge is 0.124 e. The van der Waals surface area contributed by atoms with E-state index in [9.17, 15) is 0 Å². The molecule has 0 amide bonds. The third kappa shape index (κ3) is 2.72. The average Bonchev–Trinajstić information content (AvgIpc) is 2.97. The summed E-state index contributed by atoms with van der Waals surface area (Å²) >= 11 is 1.81. The van der Waals surface area contributed by atoms with Crippen molar-refractivity contribution in [2.24, 2.45) is 0 Å². The van der Waals surface area contributed by atoms with Crippen molar-refractivity contribution >= 4 is 11.3 Å². The van der Waals surface area contributed by atoms with Gasteiger partial charge in [0.2, 0.25) is 0 Å². The summed E-state index contributed by atoms with van der Waals surface area (Å²) in [5.74, 6) is 1.01. The largest absolute Gasteiger partial charge is 0.493 e. The summed E-state index contributed by atoms with van der Waals surface area (Å²) in [6, 6.07) is 8.93.